The lowest BCUT2D eigenvalue weighted by molar-refractivity contribution is -0.118. The zero-order chi connectivity index (χ0) is 20.0. The second kappa shape index (κ2) is 7.63. The molecule has 0 spiro atoms. The molecule has 4 aliphatic rings. The van der Waals surface area contributed by atoms with Crippen LogP contribution in [0.1, 0.15) is 55.8 Å². The van der Waals surface area contributed by atoms with E-state index in [2.05, 4.69) is 22.0 Å². The summed E-state index contributed by atoms with van der Waals surface area (Å²) in [5.74, 6) is 1.71. The summed E-state index contributed by atoms with van der Waals surface area (Å²) in [7, 11) is 0. The molecule has 0 saturated carbocycles. The number of hydrogen-bond acceptors (Lipinski definition) is 4. The van der Waals surface area contributed by atoms with E-state index < -0.39 is 0 Å². The van der Waals surface area contributed by atoms with Crippen LogP contribution in [0.2, 0.25) is 0 Å². The molecule has 4 heterocycles. The summed E-state index contributed by atoms with van der Waals surface area (Å²) in [5.41, 5.74) is 1.30. The van der Waals surface area contributed by atoms with E-state index in [9.17, 15) is 9.59 Å². The highest BCUT2D eigenvalue weighted by molar-refractivity contribution is 5.99. The number of anilines is 1. The fourth-order valence-electron chi connectivity index (χ4n) is 6.11. The first-order valence-corrected chi connectivity index (χ1v) is 11.2. The average Bonchev–Trinajstić information content (AvgIpc) is 2.73. The van der Waals surface area contributed by atoms with Gasteiger partial charge in [0, 0.05) is 37.3 Å². The predicted octanol–water partition coefficient (Wildman–Crippen LogP) is 3.13. The molecule has 5 rings (SSSR count). The molecule has 0 unspecified atom stereocenters. The average molecular weight is 398 g/mol. The molecule has 1 aromatic carbocycles. The molecule has 4 aliphatic heterocycles. The number of fused-ring (bicyclic) bond motifs is 5. The van der Waals surface area contributed by atoms with Gasteiger partial charge in [-0.3, -0.25) is 14.5 Å². The summed E-state index contributed by atoms with van der Waals surface area (Å²) in [4.78, 5) is 29.6. The van der Waals surface area contributed by atoms with Gasteiger partial charge in [0.2, 0.25) is 0 Å². The van der Waals surface area contributed by atoms with Crippen LogP contribution >= 0.6 is 0 Å². The summed E-state index contributed by atoms with van der Waals surface area (Å²) >= 11 is 0. The summed E-state index contributed by atoms with van der Waals surface area (Å²) in [6.07, 6.45) is 7.79. The SMILES string of the molecule is CCC[C@H]1CCC[C@H]2[C@@H]3C[C@@H](CN(C(=O)c4ccc5c(c4)OCC(=O)N5)C3)CN12. The Labute approximate surface area is 172 Å². The van der Waals surface area contributed by atoms with Crippen molar-refractivity contribution in [3.8, 4) is 5.75 Å². The van der Waals surface area contributed by atoms with Gasteiger partial charge in [-0.2, -0.15) is 0 Å². The molecular formula is C23H31N3O3. The Balaban J connectivity index is 1.31. The Bertz CT molecular complexity index is 809. The van der Waals surface area contributed by atoms with Gasteiger partial charge >= 0.3 is 0 Å². The van der Waals surface area contributed by atoms with Crippen LogP contribution in [-0.2, 0) is 4.79 Å². The molecule has 156 valence electrons. The maximum Gasteiger partial charge on any atom is 0.262 e. The van der Waals surface area contributed by atoms with Crippen molar-refractivity contribution in [2.45, 2.75) is 57.5 Å². The number of likely N-dealkylation sites (tertiary alicyclic amines) is 1. The van der Waals surface area contributed by atoms with Gasteiger partial charge < -0.3 is 15.0 Å². The molecule has 2 bridgehead atoms. The van der Waals surface area contributed by atoms with Crippen LogP contribution in [-0.4, -0.2) is 59.9 Å². The summed E-state index contributed by atoms with van der Waals surface area (Å²) < 4.78 is 5.50. The summed E-state index contributed by atoms with van der Waals surface area (Å²) in [5, 5.41) is 2.79. The Kier molecular flexibility index (Phi) is 4.98. The molecule has 3 fully saturated rings. The lowest BCUT2D eigenvalue weighted by Crippen LogP contribution is -2.62. The first kappa shape index (κ1) is 18.9. The van der Waals surface area contributed by atoms with Gasteiger partial charge in [0.1, 0.15) is 5.75 Å². The van der Waals surface area contributed by atoms with E-state index in [-0.39, 0.29) is 18.4 Å². The van der Waals surface area contributed by atoms with E-state index in [0.29, 0.717) is 34.9 Å². The second-order valence-electron chi connectivity index (χ2n) is 9.26. The molecule has 0 aliphatic carbocycles. The number of nitrogens with one attached hydrogen (secondary N) is 1. The third-order valence-corrected chi connectivity index (χ3v) is 7.29. The highest BCUT2D eigenvalue weighted by Gasteiger charge is 2.45. The third-order valence-electron chi connectivity index (χ3n) is 7.29. The topological polar surface area (TPSA) is 61.9 Å². The van der Waals surface area contributed by atoms with E-state index in [4.69, 9.17) is 4.74 Å². The molecule has 29 heavy (non-hydrogen) atoms. The largest absolute Gasteiger partial charge is 0.482 e. The number of benzene rings is 1. The van der Waals surface area contributed by atoms with Crippen LogP contribution in [0, 0.1) is 11.8 Å². The Morgan fingerprint density at radius 1 is 1.24 bits per heavy atom. The minimum atomic E-state index is -0.154. The van der Waals surface area contributed by atoms with Crippen molar-refractivity contribution in [1.29, 1.82) is 0 Å². The Hall–Kier alpha value is -2.08. The lowest BCUT2D eigenvalue weighted by atomic mass is 9.74. The third kappa shape index (κ3) is 3.52. The minimum absolute atomic E-state index is 0.00888. The molecule has 6 nitrogen and oxygen atoms in total. The monoisotopic (exact) mass is 397 g/mol. The number of piperidine rings is 3. The molecule has 1 aromatic rings. The first-order valence-electron chi connectivity index (χ1n) is 11.2. The van der Waals surface area contributed by atoms with Crippen molar-refractivity contribution in [3.63, 3.8) is 0 Å². The number of carbonyl (C=O) groups excluding carboxylic acids is 2. The van der Waals surface area contributed by atoms with Crippen LogP contribution in [0.3, 0.4) is 0 Å². The van der Waals surface area contributed by atoms with E-state index in [1.54, 1.807) is 12.1 Å². The van der Waals surface area contributed by atoms with Crippen molar-refractivity contribution in [1.82, 2.24) is 9.80 Å². The number of ether oxygens (including phenoxy) is 1. The van der Waals surface area contributed by atoms with Gasteiger partial charge in [-0.25, -0.2) is 0 Å². The Morgan fingerprint density at radius 3 is 3.00 bits per heavy atom. The quantitative estimate of drug-likeness (QED) is 0.851. The van der Waals surface area contributed by atoms with Crippen LogP contribution in [0.5, 0.6) is 5.75 Å². The van der Waals surface area contributed by atoms with E-state index >= 15 is 0 Å². The van der Waals surface area contributed by atoms with Crippen LogP contribution in [0.15, 0.2) is 18.2 Å². The molecule has 0 radical (unpaired) electrons. The van der Waals surface area contributed by atoms with Gasteiger partial charge in [0.15, 0.2) is 6.61 Å². The van der Waals surface area contributed by atoms with Crippen LogP contribution in [0.25, 0.3) is 0 Å². The zero-order valence-electron chi connectivity index (χ0n) is 17.2. The maximum absolute atomic E-state index is 13.3. The number of carbonyl (C=O) groups is 2. The fraction of sp³-hybridized carbons (Fsp3) is 0.652. The van der Waals surface area contributed by atoms with Gasteiger partial charge in [-0.15, -0.1) is 0 Å². The second-order valence-corrected chi connectivity index (χ2v) is 9.26. The smallest absolute Gasteiger partial charge is 0.262 e. The van der Waals surface area contributed by atoms with Crippen molar-refractivity contribution < 1.29 is 14.3 Å². The maximum atomic E-state index is 13.3. The number of rotatable bonds is 3. The molecule has 0 aromatic heterocycles. The molecular weight excluding hydrogens is 366 g/mol. The number of amides is 2. The van der Waals surface area contributed by atoms with E-state index in [1.165, 1.54) is 38.5 Å². The standard InChI is InChI=1S/C23H31N3O3/c1-2-4-18-5-3-6-20-17-9-15(12-26(18)20)11-25(13-17)23(28)16-7-8-19-21(10-16)29-14-22(27)24-19/h7-8,10,15,17-18,20H,2-6,9,11-14H2,1H3,(H,24,27)/t15-,17+,18-,20-/m0/s1. The lowest BCUT2D eigenvalue weighted by Gasteiger charge is -2.55. The summed E-state index contributed by atoms with van der Waals surface area (Å²) in [6, 6.07) is 6.77. The summed E-state index contributed by atoms with van der Waals surface area (Å²) in [6.45, 7) is 5.17. The molecule has 3 saturated heterocycles. The van der Waals surface area contributed by atoms with Gasteiger partial charge in [-0.05, 0) is 55.7 Å². The van der Waals surface area contributed by atoms with Crippen molar-refractivity contribution in [2.75, 3.05) is 31.6 Å². The van der Waals surface area contributed by atoms with E-state index in [0.717, 1.165) is 25.7 Å². The minimum Gasteiger partial charge on any atom is -0.482 e. The van der Waals surface area contributed by atoms with Gasteiger partial charge in [0.25, 0.3) is 11.8 Å². The Morgan fingerprint density at radius 2 is 2.14 bits per heavy atom. The molecule has 2 amide bonds. The van der Waals surface area contributed by atoms with Crippen molar-refractivity contribution >= 4 is 17.5 Å². The number of hydrogen-bond donors (Lipinski definition) is 1. The number of nitrogens with zero attached hydrogens (tertiary/aromatic N) is 2. The van der Waals surface area contributed by atoms with Gasteiger partial charge in [-0.1, -0.05) is 19.8 Å². The zero-order valence-corrected chi connectivity index (χ0v) is 17.2. The van der Waals surface area contributed by atoms with E-state index in [1.807, 2.05) is 6.07 Å². The highest BCUT2D eigenvalue weighted by Crippen LogP contribution is 2.41. The molecule has 4 atom stereocenters. The fourth-order valence-corrected chi connectivity index (χ4v) is 6.11. The molecule has 1 N–H and O–H groups in total. The van der Waals surface area contributed by atoms with Crippen molar-refractivity contribution in [2.24, 2.45) is 11.8 Å². The van der Waals surface area contributed by atoms with Crippen LogP contribution in [0.4, 0.5) is 5.69 Å². The predicted molar refractivity (Wildman–Crippen MR) is 111 cm³/mol. The van der Waals surface area contributed by atoms with Crippen LogP contribution < -0.4 is 10.1 Å². The normalized spacial score (nSPS) is 31.3. The van der Waals surface area contributed by atoms with Gasteiger partial charge in [0.05, 0.1) is 5.69 Å². The molecule has 6 heteroatoms. The first-order chi connectivity index (χ1) is 14.1. The highest BCUT2D eigenvalue weighted by atomic mass is 16.5. The van der Waals surface area contributed by atoms with Crippen molar-refractivity contribution in [3.05, 3.63) is 23.8 Å².